The Kier molecular flexibility index (Phi) is 3.27. The van der Waals surface area contributed by atoms with Crippen molar-refractivity contribution in [3.63, 3.8) is 0 Å². The molecule has 0 aliphatic rings. The first-order valence-corrected chi connectivity index (χ1v) is 6.37. The van der Waals surface area contributed by atoms with Gasteiger partial charge < -0.3 is 9.88 Å². The predicted molar refractivity (Wildman–Crippen MR) is 76.9 cm³/mol. The largest absolute Gasteiger partial charge is 0.322 e. The van der Waals surface area contributed by atoms with Gasteiger partial charge in [0.1, 0.15) is 17.2 Å². The number of aromatic nitrogens is 3. The minimum atomic E-state index is -0.399. The van der Waals surface area contributed by atoms with E-state index in [1.54, 1.807) is 28.4 Å². The van der Waals surface area contributed by atoms with Crippen LogP contribution in [0, 0.1) is 5.82 Å². The first-order chi connectivity index (χ1) is 10.1. The maximum Gasteiger partial charge on any atom is 0.261 e. The van der Waals surface area contributed by atoms with E-state index in [9.17, 15) is 9.18 Å². The van der Waals surface area contributed by atoms with Gasteiger partial charge in [-0.15, -0.1) is 0 Å². The Hall–Kier alpha value is -2.89. The maximum atomic E-state index is 13.2. The Balaban J connectivity index is 1.92. The summed E-state index contributed by atoms with van der Waals surface area (Å²) in [4.78, 5) is 12.4. The number of nitrogens with one attached hydrogen (secondary N) is 1. The van der Waals surface area contributed by atoms with Crippen LogP contribution >= 0.6 is 0 Å². The number of anilines is 1. The molecule has 0 saturated carbocycles. The Labute approximate surface area is 120 Å². The number of carbonyl (C=O) groups excluding carboxylic acids is 1. The van der Waals surface area contributed by atoms with Crippen molar-refractivity contribution < 1.29 is 9.18 Å². The fraction of sp³-hybridized carbons (Fsp3) is 0.0667. The lowest BCUT2D eigenvalue weighted by molar-refractivity contribution is 0.102. The van der Waals surface area contributed by atoms with Gasteiger partial charge in [-0.25, -0.2) is 4.39 Å². The van der Waals surface area contributed by atoms with E-state index in [1.807, 2.05) is 24.5 Å². The van der Waals surface area contributed by atoms with Gasteiger partial charge >= 0.3 is 0 Å². The third kappa shape index (κ3) is 2.55. The highest BCUT2D eigenvalue weighted by Crippen LogP contribution is 2.17. The number of carbonyl (C=O) groups is 1. The quantitative estimate of drug-likeness (QED) is 0.803. The summed E-state index contributed by atoms with van der Waals surface area (Å²) in [6.45, 7) is 0. The summed E-state index contributed by atoms with van der Waals surface area (Å²) >= 11 is 0. The molecule has 3 rings (SSSR count). The van der Waals surface area contributed by atoms with E-state index in [0.717, 1.165) is 0 Å². The molecule has 0 aliphatic carbocycles. The second-order valence-electron chi connectivity index (χ2n) is 4.56. The number of halogens is 1. The van der Waals surface area contributed by atoms with E-state index in [-0.39, 0.29) is 5.91 Å². The molecule has 0 aliphatic heterocycles. The van der Waals surface area contributed by atoms with Crippen LogP contribution < -0.4 is 5.32 Å². The highest BCUT2D eigenvalue weighted by Gasteiger charge is 2.17. The maximum absolute atomic E-state index is 13.2. The van der Waals surface area contributed by atoms with Crippen LogP contribution in [0.15, 0.2) is 55.0 Å². The number of hydrogen-bond donors (Lipinski definition) is 1. The standard InChI is InChI=1S/C15H13FN4O/c1-19-15(20-7-2-3-8-20)13(10-17-19)14(21)18-12-6-4-5-11(16)9-12/h2-10H,1H3,(H,18,21). The molecule has 0 fully saturated rings. The van der Waals surface area contributed by atoms with Gasteiger partial charge in [-0.2, -0.15) is 5.10 Å². The summed E-state index contributed by atoms with van der Waals surface area (Å²) in [7, 11) is 1.76. The normalized spacial score (nSPS) is 10.6. The zero-order valence-electron chi connectivity index (χ0n) is 11.3. The number of aryl methyl sites for hydroxylation is 1. The van der Waals surface area contributed by atoms with Gasteiger partial charge in [0, 0.05) is 25.1 Å². The molecular formula is C15H13FN4O. The minimum Gasteiger partial charge on any atom is -0.322 e. The van der Waals surface area contributed by atoms with Gasteiger partial charge in [0.2, 0.25) is 0 Å². The van der Waals surface area contributed by atoms with E-state index < -0.39 is 5.82 Å². The SMILES string of the molecule is Cn1ncc(C(=O)Nc2cccc(F)c2)c1-n1cccc1. The molecule has 1 N–H and O–H groups in total. The molecule has 6 heteroatoms. The van der Waals surface area contributed by atoms with E-state index in [0.29, 0.717) is 17.1 Å². The van der Waals surface area contributed by atoms with Gasteiger partial charge in [-0.3, -0.25) is 9.48 Å². The Morgan fingerprint density at radius 2 is 2.00 bits per heavy atom. The fourth-order valence-corrected chi connectivity index (χ4v) is 2.14. The number of rotatable bonds is 3. The van der Waals surface area contributed by atoms with Crippen molar-refractivity contribution in [1.82, 2.24) is 14.3 Å². The minimum absolute atomic E-state index is 0.336. The average Bonchev–Trinajstić information content (AvgIpc) is 3.07. The highest BCUT2D eigenvalue weighted by atomic mass is 19.1. The number of benzene rings is 1. The fourth-order valence-electron chi connectivity index (χ4n) is 2.14. The molecule has 0 radical (unpaired) electrons. The summed E-state index contributed by atoms with van der Waals surface area (Å²) in [6.07, 6.45) is 5.15. The molecule has 21 heavy (non-hydrogen) atoms. The third-order valence-electron chi connectivity index (χ3n) is 3.08. The van der Waals surface area contributed by atoms with Gasteiger partial charge in [-0.05, 0) is 30.3 Å². The molecule has 0 spiro atoms. The monoisotopic (exact) mass is 284 g/mol. The number of nitrogens with zero attached hydrogens (tertiary/aromatic N) is 3. The van der Waals surface area contributed by atoms with Crippen LogP contribution in [0.25, 0.3) is 5.82 Å². The lowest BCUT2D eigenvalue weighted by Crippen LogP contribution is -2.15. The second-order valence-corrected chi connectivity index (χ2v) is 4.56. The summed E-state index contributed by atoms with van der Waals surface area (Å²) in [5.41, 5.74) is 0.820. The molecule has 0 atom stereocenters. The van der Waals surface area contributed by atoms with E-state index >= 15 is 0 Å². The van der Waals surface area contributed by atoms with Crippen molar-refractivity contribution >= 4 is 11.6 Å². The molecule has 2 aromatic heterocycles. The Bertz CT molecular complexity index is 777. The Morgan fingerprint density at radius 3 is 2.71 bits per heavy atom. The average molecular weight is 284 g/mol. The first-order valence-electron chi connectivity index (χ1n) is 6.37. The molecule has 1 amide bonds. The third-order valence-corrected chi connectivity index (χ3v) is 3.08. The van der Waals surface area contributed by atoms with Crippen molar-refractivity contribution in [3.8, 4) is 5.82 Å². The van der Waals surface area contributed by atoms with E-state index in [1.165, 1.54) is 18.3 Å². The van der Waals surface area contributed by atoms with Crippen LogP contribution in [0.2, 0.25) is 0 Å². The molecule has 0 bridgehead atoms. The topological polar surface area (TPSA) is 51.9 Å². The number of hydrogen-bond acceptors (Lipinski definition) is 2. The van der Waals surface area contributed by atoms with Crippen LogP contribution in [0.1, 0.15) is 10.4 Å². The zero-order valence-corrected chi connectivity index (χ0v) is 11.3. The smallest absolute Gasteiger partial charge is 0.261 e. The number of amides is 1. The molecule has 2 heterocycles. The van der Waals surface area contributed by atoms with Gasteiger partial charge in [0.15, 0.2) is 0 Å². The predicted octanol–water partition coefficient (Wildman–Crippen LogP) is 2.60. The van der Waals surface area contributed by atoms with Crippen LogP contribution in [0.4, 0.5) is 10.1 Å². The van der Waals surface area contributed by atoms with Crippen LogP contribution in [0.5, 0.6) is 0 Å². The molecular weight excluding hydrogens is 271 g/mol. The zero-order chi connectivity index (χ0) is 14.8. The van der Waals surface area contributed by atoms with Crippen LogP contribution in [-0.4, -0.2) is 20.3 Å². The Morgan fingerprint density at radius 1 is 1.24 bits per heavy atom. The van der Waals surface area contributed by atoms with E-state index in [4.69, 9.17) is 0 Å². The summed E-state index contributed by atoms with van der Waals surface area (Å²) < 4.78 is 16.6. The molecule has 0 saturated heterocycles. The van der Waals surface area contributed by atoms with Crippen molar-refractivity contribution in [2.45, 2.75) is 0 Å². The van der Waals surface area contributed by atoms with Crippen molar-refractivity contribution in [3.05, 3.63) is 66.4 Å². The lowest BCUT2D eigenvalue weighted by atomic mass is 10.2. The molecule has 3 aromatic rings. The first kappa shape index (κ1) is 13.1. The summed E-state index contributed by atoms with van der Waals surface area (Å²) in [5, 5.41) is 6.78. The van der Waals surface area contributed by atoms with E-state index in [2.05, 4.69) is 10.4 Å². The second kappa shape index (κ2) is 5.24. The highest BCUT2D eigenvalue weighted by molar-refractivity contribution is 6.06. The molecule has 5 nitrogen and oxygen atoms in total. The van der Waals surface area contributed by atoms with Gasteiger partial charge in [-0.1, -0.05) is 6.07 Å². The van der Waals surface area contributed by atoms with Crippen LogP contribution in [0.3, 0.4) is 0 Å². The summed E-state index contributed by atoms with van der Waals surface area (Å²) in [5.74, 6) is -0.0871. The molecule has 0 unspecified atom stereocenters. The molecule has 106 valence electrons. The van der Waals surface area contributed by atoms with Gasteiger partial charge in [0.05, 0.1) is 6.20 Å². The lowest BCUT2D eigenvalue weighted by Gasteiger charge is -2.08. The summed E-state index contributed by atoms with van der Waals surface area (Å²) in [6, 6.07) is 9.49. The van der Waals surface area contributed by atoms with Crippen LogP contribution in [-0.2, 0) is 7.05 Å². The van der Waals surface area contributed by atoms with Gasteiger partial charge in [0.25, 0.3) is 5.91 Å². The van der Waals surface area contributed by atoms with Crippen molar-refractivity contribution in [1.29, 1.82) is 0 Å². The van der Waals surface area contributed by atoms with Crippen molar-refractivity contribution in [2.24, 2.45) is 7.05 Å². The molecule has 1 aromatic carbocycles. The van der Waals surface area contributed by atoms with Crippen molar-refractivity contribution in [2.75, 3.05) is 5.32 Å².